The fraction of sp³-hybridized carbons (Fsp3) is 0.400. The monoisotopic (exact) mass is 446 g/mol. The molecular formula is C25H30N6O2. The minimum atomic E-state index is 0.0896. The van der Waals surface area contributed by atoms with E-state index in [1.165, 1.54) is 5.69 Å². The zero-order chi connectivity index (χ0) is 22.9. The highest BCUT2D eigenvalue weighted by Crippen LogP contribution is 2.31. The van der Waals surface area contributed by atoms with Crippen molar-refractivity contribution in [3.63, 3.8) is 0 Å². The molecule has 8 nitrogen and oxygen atoms in total. The summed E-state index contributed by atoms with van der Waals surface area (Å²) in [6, 6.07) is 10.4. The molecule has 0 unspecified atom stereocenters. The number of fused-ring (bicyclic) bond motifs is 1. The van der Waals surface area contributed by atoms with Crippen molar-refractivity contribution in [2.75, 3.05) is 50.0 Å². The molecule has 0 aliphatic carbocycles. The Kier molecular flexibility index (Phi) is 5.76. The number of aryl methyl sites for hydroxylation is 1. The number of nitrogens with zero attached hydrogens (tertiary/aromatic N) is 5. The number of nitrogens with one attached hydrogen (secondary N) is 1. The van der Waals surface area contributed by atoms with Crippen LogP contribution in [0.4, 0.5) is 17.3 Å². The molecule has 2 aliphatic heterocycles. The molecule has 0 bridgehead atoms. The molecule has 0 spiro atoms. The van der Waals surface area contributed by atoms with Crippen molar-refractivity contribution < 1.29 is 9.21 Å². The van der Waals surface area contributed by atoms with Gasteiger partial charge < -0.3 is 24.4 Å². The maximum absolute atomic E-state index is 11.7. The molecule has 1 N–H and O–H groups in total. The Morgan fingerprint density at radius 1 is 1.09 bits per heavy atom. The van der Waals surface area contributed by atoms with Crippen LogP contribution in [-0.4, -0.2) is 65.4 Å². The van der Waals surface area contributed by atoms with Crippen LogP contribution in [0.1, 0.15) is 23.8 Å². The largest absolute Gasteiger partial charge is 0.459 e. The van der Waals surface area contributed by atoms with Gasteiger partial charge in [0.15, 0.2) is 5.76 Å². The van der Waals surface area contributed by atoms with E-state index in [1.807, 2.05) is 24.1 Å². The van der Waals surface area contributed by atoms with E-state index in [9.17, 15) is 4.79 Å². The second kappa shape index (κ2) is 8.86. The second-order valence-corrected chi connectivity index (χ2v) is 8.94. The number of anilines is 3. The lowest BCUT2D eigenvalue weighted by Gasteiger charge is -2.34. The highest BCUT2D eigenvalue weighted by atomic mass is 16.3. The number of carbonyl (C=O) groups is 1. The third-order valence-corrected chi connectivity index (χ3v) is 6.51. The first-order valence-electron chi connectivity index (χ1n) is 11.5. The highest BCUT2D eigenvalue weighted by Gasteiger charge is 2.23. The summed E-state index contributed by atoms with van der Waals surface area (Å²) in [6.07, 6.45) is 2.54. The number of hydrogen-bond donors (Lipinski definition) is 1. The van der Waals surface area contributed by atoms with Crippen LogP contribution >= 0.6 is 0 Å². The molecule has 1 saturated heterocycles. The lowest BCUT2D eigenvalue weighted by molar-refractivity contribution is -0.129. The summed E-state index contributed by atoms with van der Waals surface area (Å²) in [5.41, 5.74) is 4.95. The highest BCUT2D eigenvalue weighted by molar-refractivity contribution is 5.73. The van der Waals surface area contributed by atoms with E-state index in [1.54, 1.807) is 6.92 Å². The minimum absolute atomic E-state index is 0.0896. The molecule has 3 aromatic rings. The molecule has 0 radical (unpaired) electrons. The van der Waals surface area contributed by atoms with Gasteiger partial charge in [-0.05, 0) is 49.9 Å². The quantitative estimate of drug-likeness (QED) is 0.658. The van der Waals surface area contributed by atoms with Crippen molar-refractivity contribution in [2.45, 2.75) is 26.8 Å². The van der Waals surface area contributed by atoms with Gasteiger partial charge in [-0.3, -0.25) is 4.79 Å². The maximum atomic E-state index is 11.7. The van der Waals surface area contributed by atoms with E-state index in [-0.39, 0.29) is 5.91 Å². The van der Waals surface area contributed by atoms with E-state index in [0.29, 0.717) is 19.0 Å². The maximum Gasteiger partial charge on any atom is 0.227 e. The van der Waals surface area contributed by atoms with Gasteiger partial charge in [-0.1, -0.05) is 0 Å². The number of rotatable bonds is 4. The number of likely N-dealkylation sites (N-methyl/N-ethyl adjacent to an activating group) is 1. The van der Waals surface area contributed by atoms with Gasteiger partial charge in [-0.2, -0.15) is 0 Å². The molecule has 33 heavy (non-hydrogen) atoms. The Hall–Kier alpha value is -3.39. The van der Waals surface area contributed by atoms with Gasteiger partial charge in [0, 0.05) is 75.7 Å². The number of carbonyl (C=O) groups excluding carboxylic acids is 1. The molecule has 0 atom stereocenters. The Balaban J connectivity index is 1.32. The predicted octanol–water partition coefficient (Wildman–Crippen LogP) is 3.45. The number of piperazine rings is 1. The molecule has 1 fully saturated rings. The van der Waals surface area contributed by atoms with Gasteiger partial charge in [0.2, 0.25) is 11.9 Å². The summed E-state index contributed by atoms with van der Waals surface area (Å²) in [5.74, 6) is 2.28. The fourth-order valence-electron chi connectivity index (χ4n) is 4.42. The first-order valence-corrected chi connectivity index (χ1v) is 11.5. The van der Waals surface area contributed by atoms with E-state index in [4.69, 9.17) is 9.40 Å². The van der Waals surface area contributed by atoms with Gasteiger partial charge in [0.25, 0.3) is 0 Å². The molecule has 0 saturated carbocycles. The number of furan rings is 1. The van der Waals surface area contributed by atoms with E-state index >= 15 is 0 Å². The zero-order valence-corrected chi connectivity index (χ0v) is 19.5. The smallest absolute Gasteiger partial charge is 0.227 e. The number of benzene rings is 1. The van der Waals surface area contributed by atoms with Crippen LogP contribution in [0, 0.1) is 6.92 Å². The fourth-order valence-corrected chi connectivity index (χ4v) is 4.42. The molecule has 2 aliphatic rings. The summed E-state index contributed by atoms with van der Waals surface area (Å²) in [5, 5.41) is 3.32. The molecule has 5 rings (SSSR count). The van der Waals surface area contributed by atoms with Crippen LogP contribution in [0.25, 0.3) is 11.5 Å². The molecule has 172 valence electrons. The molecule has 8 heteroatoms. The van der Waals surface area contributed by atoms with Gasteiger partial charge in [-0.15, -0.1) is 0 Å². The van der Waals surface area contributed by atoms with Crippen molar-refractivity contribution in [1.29, 1.82) is 0 Å². The summed E-state index contributed by atoms with van der Waals surface area (Å²) >= 11 is 0. The first-order chi connectivity index (χ1) is 16.0. The van der Waals surface area contributed by atoms with Crippen LogP contribution in [0.3, 0.4) is 0 Å². The normalized spacial score (nSPS) is 16.6. The predicted molar refractivity (Wildman–Crippen MR) is 129 cm³/mol. The van der Waals surface area contributed by atoms with E-state index in [0.717, 1.165) is 66.6 Å². The number of amides is 1. The third-order valence-electron chi connectivity index (χ3n) is 6.51. The Bertz CT molecular complexity index is 1150. The molecular weight excluding hydrogens is 416 g/mol. The Morgan fingerprint density at radius 2 is 1.85 bits per heavy atom. The summed E-state index contributed by atoms with van der Waals surface area (Å²) in [6.45, 7) is 9.13. The van der Waals surface area contributed by atoms with Crippen LogP contribution in [-0.2, 0) is 17.8 Å². The summed E-state index contributed by atoms with van der Waals surface area (Å²) < 4.78 is 6.13. The lowest BCUT2D eigenvalue weighted by Crippen LogP contribution is -2.44. The average Bonchev–Trinajstić information content (AvgIpc) is 3.24. The lowest BCUT2D eigenvalue weighted by atomic mass is 10.1. The molecule has 2 aromatic heterocycles. The van der Waals surface area contributed by atoms with Crippen LogP contribution in [0.15, 0.2) is 40.9 Å². The Labute approximate surface area is 194 Å². The molecule has 1 amide bonds. The number of hydrogen-bond acceptors (Lipinski definition) is 7. The van der Waals surface area contributed by atoms with E-state index in [2.05, 4.69) is 51.4 Å². The second-order valence-electron chi connectivity index (χ2n) is 8.94. The average molecular weight is 447 g/mol. The summed E-state index contributed by atoms with van der Waals surface area (Å²) in [7, 11) is 2.17. The van der Waals surface area contributed by atoms with Gasteiger partial charge >= 0.3 is 0 Å². The van der Waals surface area contributed by atoms with Crippen molar-refractivity contribution in [2.24, 2.45) is 0 Å². The standard InChI is InChI=1S/C25H30N6O2/c1-17-15-26-25(27-20-4-6-21(7-5-20)30-12-10-29(3)11-13-30)28-24(17)23-14-19-16-31(18(2)32)9-8-22(19)33-23/h4-7,14-15H,8-13,16H2,1-3H3,(H,26,27,28). The molecule has 4 heterocycles. The van der Waals surface area contributed by atoms with Crippen LogP contribution < -0.4 is 10.2 Å². The summed E-state index contributed by atoms with van der Waals surface area (Å²) in [4.78, 5) is 27.6. The van der Waals surface area contributed by atoms with Gasteiger partial charge in [0.1, 0.15) is 11.5 Å². The van der Waals surface area contributed by atoms with Crippen LogP contribution in [0.5, 0.6) is 0 Å². The van der Waals surface area contributed by atoms with Gasteiger partial charge in [-0.25, -0.2) is 9.97 Å². The number of aromatic nitrogens is 2. The van der Waals surface area contributed by atoms with Crippen molar-refractivity contribution in [3.8, 4) is 11.5 Å². The van der Waals surface area contributed by atoms with Crippen molar-refractivity contribution in [3.05, 3.63) is 53.4 Å². The SMILES string of the molecule is CC(=O)N1CCc2oc(-c3nc(Nc4ccc(N5CCN(C)CC5)cc4)ncc3C)cc2C1. The Morgan fingerprint density at radius 3 is 2.58 bits per heavy atom. The minimum Gasteiger partial charge on any atom is -0.459 e. The first kappa shape index (κ1) is 21.5. The zero-order valence-electron chi connectivity index (χ0n) is 19.5. The van der Waals surface area contributed by atoms with Gasteiger partial charge in [0.05, 0.1) is 0 Å². The topological polar surface area (TPSA) is 77.7 Å². The molecule has 1 aromatic carbocycles. The van der Waals surface area contributed by atoms with Crippen molar-refractivity contribution >= 4 is 23.2 Å². The van der Waals surface area contributed by atoms with E-state index < -0.39 is 0 Å². The third kappa shape index (κ3) is 4.57. The van der Waals surface area contributed by atoms with Crippen LogP contribution in [0.2, 0.25) is 0 Å². The van der Waals surface area contributed by atoms with Crippen molar-refractivity contribution in [1.82, 2.24) is 19.8 Å².